The van der Waals surface area contributed by atoms with Crippen molar-refractivity contribution in [3.63, 3.8) is 0 Å². The van der Waals surface area contributed by atoms with E-state index in [2.05, 4.69) is 5.32 Å². The molecule has 0 saturated heterocycles. The number of hydrogen-bond donors (Lipinski definition) is 1. The van der Waals surface area contributed by atoms with E-state index in [0.717, 1.165) is 11.4 Å². The lowest BCUT2D eigenvalue weighted by Crippen LogP contribution is -2.23. The first-order valence-corrected chi connectivity index (χ1v) is 7.05. The van der Waals surface area contributed by atoms with Crippen LogP contribution in [0, 0.1) is 13.8 Å². The maximum absolute atomic E-state index is 12.1. The molecule has 1 heterocycles. The summed E-state index contributed by atoms with van der Waals surface area (Å²) >= 11 is 11.9. The fourth-order valence-corrected chi connectivity index (χ4v) is 2.40. The molecule has 21 heavy (non-hydrogen) atoms. The van der Waals surface area contributed by atoms with Gasteiger partial charge in [-0.2, -0.15) is 0 Å². The number of pyridine rings is 1. The van der Waals surface area contributed by atoms with Gasteiger partial charge in [0.05, 0.1) is 10.7 Å². The predicted octanol–water partition coefficient (Wildman–Crippen LogP) is 3.41. The van der Waals surface area contributed by atoms with Crippen molar-refractivity contribution in [1.82, 2.24) is 4.57 Å². The van der Waals surface area contributed by atoms with E-state index in [-0.39, 0.29) is 17.9 Å². The van der Waals surface area contributed by atoms with Crippen LogP contribution in [0.4, 0.5) is 5.69 Å². The molecule has 0 fully saturated rings. The molecule has 2 rings (SSSR count). The van der Waals surface area contributed by atoms with Gasteiger partial charge in [0.1, 0.15) is 6.54 Å². The Morgan fingerprint density at radius 3 is 2.38 bits per heavy atom. The third-order valence-corrected chi connectivity index (χ3v) is 3.62. The van der Waals surface area contributed by atoms with Gasteiger partial charge in [0, 0.05) is 28.5 Å². The molecule has 1 amide bonds. The molecule has 0 spiro atoms. The topological polar surface area (TPSA) is 51.1 Å². The van der Waals surface area contributed by atoms with E-state index in [9.17, 15) is 9.59 Å². The average Bonchev–Trinajstić information content (AvgIpc) is 2.38. The largest absolute Gasteiger partial charge is 0.340 e. The quantitative estimate of drug-likeness (QED) is 0.940. The average molecular weight is 325 g/mol. The molecule has 1 aromatic carbocycles. The van der Waals surface area contributed by atoms with Crippen molar-refractivity contribution in [1.29, 1.82) is 0 Å². The van der Waals surface area contributed by atoms with E-state index >= 15 is 0 Å². The third kappa shape index (κ3) is 3.86. The number of nitrogens with one attached hydrogen (secondary N) is 1. The highest BCUT2D eigenvalue weighted by molar-refractivity contribution is 6.35. The Balaban J connectivity index is 2.19. The van der Waals surface area contributed by atoms with E-state index in [1.165, 1.54) is 12.1 Å². The van der Waals surface area contributed by atoms with Gasteiger partial charge in [0.2, 0.25) is 5.91 Å². The molecule has 0 atom stereocenters. The lowest BCUT2D eigenvalue weighted by Gasteiger charge is -2.14. The number of carbonyl (C=O) groups is 1. The number of amides is 1. The number of aryl methyl sites for hydroxylation is 2. The molecule has 0 saturated carbocycles. The van der Waals surface area contributed by atoms with Gasteiger partial charge >= 0.3 is 0 Å². The van der Waals surface area contributed by atoms with Crippen molar-refractivity contribution >= 4 is 34.8 Å². The summed E-state index contributed by atoms with van der Waals surface area (Å²) in [5.74, 6) is -0.242. The maximum atomic E-state index is 12.1. The second kappa shape index (κ2) is 6.33. The number of halogens is 2. The molecular weight excluding hydrogens is 311 g/mol. The van der Waals surface area contributed by atoms with E-state index < -0.39 is 0 Å². The minimum absolute atomic E-state index is 0.0699. The van der Waals surface area contributed by atoms with Crippen molar-refractivity contribution in [3.05, 3.63) is 62.0 Å². The molecule has 0 aliphatic heterocycles. The Bertz CT molecular complexity index is 728. The molecule has 0 bridgehead atoms. The summed E-state index contributed by atoms with van der Waals surface area (Å²) in [7, 11) is 0. The van der Waals surface area contributed by atoms with E-state index in [0.29, 0.717) is 15.7 Å². The van der Waals surface area contributed by atoms with Crippen molar-refractivity contribution in [2.45, 2.75) is 20.4 Å². The molecule has 110 valence electrons. The zero-order valence-electron chi connectivity index (χ0n) is 11.6. The van der Waals surface area contributed by atoms with Crippen LogP contribution in [-0.2, 0) is 11.3 Å². The summed E-state index contributed by atoms with van der Waals surface area (Å²) in [4.78, 5) is 23.5. The van der Waals surface area contributed by atoms with Gasteiger partial charge in [-0.15, -0.1) is 0 Å². The SMILES string of the molecule is Cc1cc(=O)cc(C)n1CC(=O)Nc1cc(Cl)ccc1Cl. The molecule has 0 unspecified atom stereocenters. The van der Waals surface area contributed by atoms with Gasteiger partial charge in [-0.05, 0) is 32.0 Å². The molecule has 0 aliphatic rings. The first kappa shape index (κ1) is 15.6. The Kier molecular flexibility index (Phi) is 4.70. The number of benzene rings is 1. The second-order valence-electron chi connectivity index (χ2n) is 4.73. The van der Waals surface area contributed by atoms with Gasteiger partial charge in [0.15, 0.2) is 5.43 Å². The summed E-state index contributed by atoms with van der Waals surface area (Å²) in [6, 6.07) is 7.84. The summed E-state index contributed by atoms with van der Waals surface area (Å²) in [5, 5.41) is 3.62. The normalized spacial score (nSPS) is 10.5. The van der Waals surface area contributed by atoms with Crippen LogP contribution in [-0.4, -0.2) is 10.5 Å². The first-order valence-electron chi connectivity index (χ1n) is 6.30. The van der Waals surface area contributed by atoms with Crippen LogP contribution in [0.3, 0.4) is 0 Å². The molecule has 1 N–H and O–H groups in total. The molecule has 2 aromatic rings. The van der Waals surface area contributed by atoms with Gasteiger partial charge in [0.25, 0.3) is 0 Å². The van der Waals surface area contributed by atoms with Crippen molar-refractivity contribution in [2.24, 2.45) is 0 Å². The highest BCUT2D eigenvalue weighted by Gasteiger charge is 2.10. The number of carbonyl (C=O) groups excluding carboxylic acids is 1. The van der Waals surface area contributed by atoms with Crippen LogP contribution in [0.1, 0.15) is 11.4 Å². The summed E-state index contributed by atoms with van der Waals surface area (Å²) in [5.41, 5.74) is 1.85. The summed E-state index contributed by atoms with van der Waals surface area (Å²) in [6.45, 7) is 3.67. The van der Waals surface area contributed by atoms with Gasteiger partial charge in [-0.1, -0.05) is 23.2 Å². The minimum atomic E-state index is -0.242. The summed E-state index contributed by atoms with van der Waals surface area (Å²) < 4.78 is 1.76. The molecule has 1 aromatic heterocycles. The number of anilines is 1. The monoisotopic (exact) mass is 324 g/mol. The minimum Gasteiger partial charge on any atom is -0.340 e. The van der Waals surface area contributed by atoms with Crippen LogP contribution in [0.15, 0.2) is 35.1 Å². The number of nitrogens with zero attached hydrogens (tertiary/aromatic N) is 1. The molecule has 6 heteroatoms. The van der Waals surface area contributed by atoms with Crippen LogP contribution in [0.2, 0.25) is 10.0 Å². The molecular formula is C15H14Cl2N2O2. The highest BCUT2D eigenvalue weighted by atomic mass is 35.5. The van der Waals surface area contributed by atoms with Crippen molar-refractivity contribution in [3.8, 4) is 0 Å². The Hall–Kier alpha value is -1.78. The van der Waals surface area contributed by atoms with Gasteiger partial charge in [-0.3, -0.25) is 9.59 Å². The van der Waals surface area contributed by atoms with Crippen LogP contribution < -0.4 is 10.7 Å². The van der Waals surface area contributed by atoms with Crippen molar-refractivity contribution < 1.29 is 4.79 Å². The van der Waals surface area contributed by atoms with Gasteiger partial charge < -0.3 is 9.88 Å². The fraction of sp³-hybridized carbons (Fsp3) is 0.200. The van der Waals surface area contributed by atoms with Crippen LogP contribution in [0.5, 0.6) is 0 Å². The lowest BCUT2D eigenvalue weighted by molar-refractivity contribution is -0.116. The van der Waals surface area contributed by atoms with Gasteiger partial charge in [-0.25, -0.2) is 0 Å². The van der Waals surface area contributed by atoms with E-state index in [1.54, 1.807) is 36.6 Å². The number of hydrogen-bond acceptors (Lipinski definition) is 2. The van der Waals surface area contributed by atoms with Crippen molar-refractivity contribution in [2.75, 3.05) is 5.32 Å². The first-order chi connectivity index (χ1) is 9.86. The van der Waals surface area contributed by atoms with E-state index in [4.69, 9.17) is 23.2 Å². The lowest BCUT2D eigenvalue weighted by atomic mass is 10.2. The number of aromatic nitrogens is 1. The molecule has 4 nitrogen and oxygen atoms in total. The van der Waals surface area contributed by atoms with Crippen LogP contribution >= 0.6 is 23.2 Å². The third-order valence-electron chi connectivity index (χ3n) is 3.06. The predicted molar refractivity (Wildman–Crippen MR) is 85.3 cm³/mol. The maximum Gasteiger partial charge on any atom is 0.244 e. The smallest absolute Gasteiger partial charge is 0.244 e. The molecule has 0 radical (unpaired) electrons. The fourth-order valence-electron chi connectivity index (χ4n) is 2.06. The molecule has 0 aliphatic carbocycles. The second-order valence-corrected chi connectivity index (χ2v) is 5.58. The highest BCUT2D eigenvalue weighted by Crippen LogP contribution is 2.25. The zero-order chi connectivity index (χ0) is 15.6. The Labute approximate surface area is 132 Å². The van der Waals surface area contributed by atoms with Crippen LogP contribution in [0.25, 0.3) is 0 Å². The zero-order valence-corrected chi connectivity index (χ0v) is 13.1. The Morgan fingerprint density at radius 2 is 1.76 bits per heavy atom. The van der Waals surface area contributed by atoms with E-state index in [1.807, 2.05) is 0 Å². The summed E-state index contributed by atoms with van der Waals surface area (Å²) in [6.07, 6.45) is 0. The Morgan fingerprint density at radius 1 is 1.14 bits per heavy atom. The number of rotatable bonds is 3. The standard InChI is InChI=1S/C15H14Cl2N2O2/c1-9-5-12(20)6-10(2)19(9)8-15(21)18-14-7-11(16)3-4-13(14)17/h3-7H,8H2,1-2H3,(H,18,21).